The lowest BCUT2D eigenvalue weighted by molar-refractivity contribution is -0.119. The quantitative estimate of drug-likeness (QED) is 0.377. The van der Waals surface area contributed by atoms with Crippen LogP contribution >= 0.6 is 0 Å². The summed E-state index contributed by atoms with van der Waals surface area (Å²) in [6, 6.07) is 21.9. The third-order valence-corrected chi connectivity index (χ3v) is 5.49. The highest BCUT2D eigenvalue weighted by Crippen LogP contribution is 2.30. The predicted octanol–water partition coefficient (Wildman–Crippen LogP) is 5.27. The number of nitrogens with one attached hydrogen (secondary N) is 2. The number of nitrogens with zero attached hydrogens (tertiary/aromatic N) is 1. The summed E-state index contributed by atoms with van der Waals surface area (Å²) in [5, 5.41) is 6.01. The minimum Gasteiger partial charge on any atom is -0.452 e. The summed E-state index contributed by atoms with van der Waals surface area (Å²) >= 11 is 0. The number of carbonyl (C=O) groups is 3. The number of rotatable bonds is 6. The predicted molar refractivity (Wildman–Crippen MR) is 136 cm³/mol. The molecule has 0 bridgehead atoms. The Hall–Kier alpha value is -4.52. The van der Waals surface area contributed by atoms with E-state index < -0.39 is 18.5 Å². The zero-order valence-corrected chi connectivity index (χ0v) is 19.7. The summed E-state index contributed by atoms with van der Waals surface area (Å²) in [4.78, 5) is 41.5. The first-order valence-electron chi connectivity index (χ1n) is 11.1. The lowest BCUT2D eigenvalue weighted by Gasteiger charge is -2.14. The number of esters is 1. The summed E-state index contributed by atoms with van der Waals surface area (Å²) in [7, 11) is 0. The number of aryl methyl sites for hydroxylation is 1. The average molecular weight is 468 g/mol. The Morgan fingerprint density at radius 3 is 2.11 bits per heavy atom. The number of benzene rings is 3. The number of anilines is 2. The summed E-state index contributed by atoms with van der Waals surface area (Å²) in [6.07, 6.45) is 0. The van der Waals surface area contributed by atoms with E-state index in [2.05, 4.69) is 10.6 Å². The lowest BCUT2D eigenvalue weighted by Crippen LogP contribution is -2.21. The van der Waals surface area contributed by atoms with Crippen molar-refractivity contribution in [1.29, 1.82) is 0 Å². The van der Waals surface area contributed by atoms with Gasteiger partial charge in [-0.1, -0.05) is 48.0 Å². The van der Waals surface area contributed by atoms with E-state index in [0.29, 0.717) is 39.1 Å². The van der Waals surface area contributed by atoms with Gasteiger partial charge in [0.2, 0.25) is 5.91 Å². The second kappa shape index (κ2) is 10.2. The fraction of sp³-hybridized carbons (Fsp3) is 0.143. The van der Waals surface area contributed by atoms with E-state index in [-0.39, 0.29) is 5.91 Å². The molecule has 1 aromatic heterocycles. The van der Waals surface area contributed by atoms with E-state index in [1.54, 1.807) is 24.3 Å². The third kappa shape index (κ3) is 5.52. The van der Waals surface area contributed by atoms with Crippen LogP contribution in [0.4, 0.5) is 11.4 Å². The van der Waals surface area contributed by atoms with Crippen molar-refractivity contribution in [3.05, 3.63) is 89.5 Å². The molecule has 7 heteroatoms. The molecule has 0 atom stereocenters. The molecule has 2 N–H and O–H groups in total. The summed E-state index contributed by atoms with van der Waals surface area (Å²) < 4.78 is 5.40. The molecule has 0 aliphatic rings. The highest BCUT2D eigenvalue weighted by atomic mass is 16.5. The van der Waals surface area contributed by atoms with Crippen LogP contribution in [0.3, 0.4) is 0 Å². The fourth-order valence-electron chi connectivity index (χ4n) is 3.80. The largest absolute Gasteiger partial charge is 0.452 e. The van der Waals surface area contributed by atoms with Crippen LogP contribution in [0.5, 0.6) is 0 Å². The van der Waals surface area contributed by atoms with Gasteiger partial charge in [0.1, 0.15) is 0 Å². The molecule has 4 aromatic rings. The van der Waals surface area contributed by atoms with Gasteiger partial charge in [0.15, 0.2) is 6.61 Å². The van der Waals surface area contributed by atoms with Crippen molar-refractivity contribution in [2.75, 3.05) is 17.2 Å². The van der Waals surface area contributed by atoms with Crippen LogP contribution in [0.15, 0.2) is 72.8 Å². The first-order valence-corrected chi connectivity index (χ1v) is 11.1. The van der Waals surface area contributed by atoms with Gasteiger partial charge in [-0.2, -0.15) is 0 Å². The van der Waals surface area contributed by atoms with Crippen LogP contribution in [0, 0.1) is 13.8 Å². The summed E-state index contributed by atoms with van der Waals surface area (Å²) in [5.74, 6) is -1.25. The molecule has 0 aliphatic carbocycles. The number of hydrogen-bond acceptors (Lipinski definition) is 5. The molecule has 0 saturated carbocycles. The smallest absolute Gasteiger partial charge is 0.339 e. The van der Waals surface area contributed by atoms with Gasteiger partial charge in [-0.05, 0) is 49.7 Å². The summed E-state index contributed by atoms with van der Waals surface area (Å²) in [6.45, 7) is 4.82. The normalized spacial score (nSPS) is 10.6. The number of ether oxygens (including phenoxy) is 1. The van der Waals surface area contributed by atoms with Crippen LogP contribution in [0.1, 0.15) is 28.4 Å². The Balaban J connectivity index is 1.53. The Kier molecular flexibility index (Phi) is 6.87. The van der Waals surface area contributed by atoms with E-state index in [9.17, 15) is 14.4 Å². The van der Waals surface area contributed by atoms with Crippen LogP contribution in [0.25, 0.3) is 22.2 Å². The van der Waals surface area contributed by atoms with Gasteiger partial charge in [-0.15, -0.1) is 0 Å². The maximum Gasteiger partial charge on any atom is 0.339 e. The lowest BCUT2D eigenvalue weighted by atomic mass is 9.97. The molecule has 0 unspecified atom stereocenters. The number of pyridine rings is 1. The molecule has 176 valence electrons. The van der Waals surface area contributed by atoms with Crippen molar-refractivity contribution < 1.29 is 19.1 Å². The number of carbonyl (C=O) groups excluding carboxylic acids is 3. The SMILES string of the molecule is CC(=O)Nc1ccc(NC(=O)COC(=O)c2c(C)c(-c3ccc(C)cc3)nc3ccccc23)cc1. The first-order chi connectivity index (χ1) is 16.8. The molecule has 0 spiro atoms. The highest BCUT2D eigenvalue weighted by Gasteiger charge is 2.21. The number of amides is 2. The minimum atomic E-state index is -0.592. The number of aromatic nitrogens is 1. The molecule has 0 fully saturated rings. The van der Waals surface area contributed by atoms with E-state index in [0.717, 1.165) is 11.1 Å². The zero-order chi connectivity index (χ0) is 24.9. The molecule has 0 saturated heterocycles. The summed E-state index contributed by atoms with van der Waals surface area (Å²) in [5.41, 5.74) is 5.60. The molecule has 0 aliphatic heterocycles. The van der Waals surface area contributed by atoms with Gasteiger partial charge >= 0.3 is 5.97 Å². The van der Waals surface area contributed by atoms with Crippen LogP contribution < -0.4 is 10.6 Å². The van der Waals surface area contributed by atoms with Gasteiger partial charge in [0.25, 0.3) is 5.91 Å². The van der Waals surface area contributed by atoms with Crippen molar-refractivity contribution >= 4 is 40.1 Å². The van der Waals surface area contributed by atoms with Gasteiger partial charge in [-0.3, -0.25) is 9.59 Å². The topological polar surface area (TPSA) is 97.4 Å². The van der Waals surface area contributed by atoms with Crippen molar-refractivity contribution in [2.45, 2.75) is 20.8 Å². The third-order valence-electron chi connectivity index (χ3n) is 5.49. The van der Waals surface area contributed by atoms with E-state index >= 15 is 0 Å². The molecule has 7 nitrogen and oxygen atoms in total. The Morgan fingerprint density at radius 1 is 0.829 bits per heavy atom. The number of para-hydroxylation sites is 1. The monoisotopic (exact) mass is 467 g/mol. The molecule has 4 rings (SSSR count). The van der Waals surface area contributed by atoms with Gasteiger partial charge in [-0.25, -0.2) is 9.78 Å². The van der Waals surface area contributed by atoms with Crippen molar-refractivity contribution in [3.63, 3.8) is 0 Å². The Morgan fingerprint density at radius 2 is 1.46 bits per heavy atom. The Bertz CT molecular complexity index is 1410. The molecular formula is C28H25N3O4. The first kappa shape index (κ1) is 23.6. The molecule has 0 radical (unpaired) electrons. The second-order valence-corrected chi connectivity index (χ2v) is 8.23. The van der Waals surface area contributed by atoms with Crippen LogP contribution in [-0.2, 0) is 14.3 Å². The molecule has 2 amide bonds. The fourth-order valence-corrected chi connectivity index (χ4v) is 3.80. The number of fused-ring (bicyclic) bond motifs is 1. The zero-order valence-electron chi connectivity index (χ0n) is 19.7. The van der Waals surface area contributed by atoms with Gasteiger partial charge < -0.3 is 15.4 Å². The van der Waals surface area contributed by atoms with Gasteiger partial charge in [0.05, 0.1) is 16.8 Å². The maximum atomic E-state index is 13.2. The Labute approximate surface area is 203 Å². The molecule has 35 heavy (non-hydrogen) atoms. The minimum absolute atomic E-state index is 0.182. The molecular weight excluding hydrogens is 442 g/mol. The van der Waals surface area contributed by atoms with E-state index in [1.165, 1.54) is 6.92 Å². The van der Waals surface area contributed by atoms with Crippen molar-refractivity contribution in [3.8, 4) is 11.3 Å². The van der Waals surface area contributed by atoms with Crippen LogP contribution in [-0.4, -0.2) is 29.4 Å². The van der Waals surface area contributed by atoms with Crippen LogP contribution in [0.2, 0.25) is 0 Å². The van der Waals surface area contributed by atoms with Gasteiger partial charge in [0, 0.05) is 29.2 Å². The van der Waals surface area contributed by atoms with Crippen molar-refractivity contribution in [1.82, 2.24) is 4.98 Å². The molecule has 1 heterocycles. The molecule has 3 aromatic carbocycles. The second-order valence-electron chi connectivity index (χ2n) is 8.23. The van der Waals surface area contributed by atoms with Crippen molar-refractivity contribution in [2.24, 2.45) is 0 Å². The number of hydrogen-bond donors (Lipinski definition) is 2. The maximum absolute atomic E-state index is 13.2. The standard InChI is InChI=1S/C28H25N3O4/c1-17-8-10-20(11-9-17)27-18(2)26(23-6-4-5-7-24(23)31-27)28(34)35-16-25(33)30-22-14-12-21(13-15-22)29-19(3)32/h4-15H,16H2,1-3H3,(H,29,32)(H,30,33). The van der Waals surface area contributed by atoms with E-state index in [4.69, 9.17) is 9.72 Å². The van der Waals surface area contributed by atoms with E-state index in [1.807, 2.05) is 62.4 Å². The average Bonchev–Trinajstić information content (AvgIpc) is 2.84. The highest BCUT2D eigenvalue weighted by molar-refractivity contribution is 6.07.